The third kappa shape index (κ3) is 4.27. The van der Waals surface area contributed by atoms with Gasteiger partial charge in [-0.25, -0.2) is 14.8 Å². The van der Waals surface area contributed by atoms with Crippen molar-refractivity contribution in [2.45, 2.75) is 0 Å². The summed E-state index contributed by atoms with van der Waals surface area (Å²) in [7, 11) is 0. The Morgan fingerprint density at radius 3 is 1.74 bits per heavy atom. The van der Waals surface area contributed by atoms with Gasteiger partial charge in [0.1, 0.15) is 0 Å². The normalized spacial score (nSPS) is 11.9. The molecule has 6 rings (SSSR count). The summed E-state index contributed by atoms with van der Waals surface area (Å²) in [4.78, 5) is 27.5. The molecule has 0 amide bonds. The van der Waals surface area contributed by atoms with Gasteiger partial charge in [-0.15, -0.1) is 0 Å². The van der Waals surface area contributed by atoms with Gasteiger partial charge in [-0.2, -0.15) is 0 Å². The zero-order chi connectivity index (χ0) is 22.4. The van der Waals surface area contributed by atoms with Crippen LogP contribution in [0.3, 0.4) is 0 Å². The van der Waals surface area contributed by atoms with E-state index in [9.17, 15) is 9.90 Å². The van der Waals surface area contributed by atoms with Crippen LogP contribution in [0.2, 0.25) is 0 Å². The number of hydrogen-bond acceptors (Lipinski definition) is 3. The number of benzene rings is 1. The van der Waals surface area contributed by atoms with E-state index in [2.05, 4.69) is 9.97 Å². The summed E-state index contributed by atoms with van der Waals surface area (Å²) in [5.74, 6) is -0.942. The van der Waals surface area contributed by atoms with E-state index in [4.69, 9.17) is 9.97 Å². The molecular formula is C27H18N4O2Pd. The van der Waals surface area contributed by atoms with E-state index in [0.29, 0.717) is 0 Å². The number of carboxylic acids is 1. The Labute approximate surface area is 208 Å². The molecule has 0 atom stereocenters. The predicted octanol–water partition coefficient (Wildman–Crippen LogP) is 6.02. The van der Waals surface area contributed by atoms with E-state index in [1.807, 2.05) is 78.9 Å². The van der Waals surface area contributed by atoms with Crippen LogP contribution in [0.5, 0.6) is 0 Å². The van der Waals surface area contributed by atoms with Crippen LogP contribution >= 0.6 is 0 Å². The maximum Gasteiger partial charge on any atom is 0.335 e. The number of nitrogens with one attached hydrogen (secondary N) is 2. The van der Waals surface area contributed by atoms with Gasteiger partial charge in [0.15, 0.2) is 0 Å². The van der Waals surface area contributed by atoms with Gasteiger partial charge in [-0.05, 0) is 84.5 Å². The number of carbonyl (C=O) groups is 1. The van der Waals surface area contributed by atoms with Crippen LogP contribution in [0, 0.1) is 0 Å². The van der Waals surface area contributed by atoms with Crippen LogP contribution < -0.4 is 0 Å². The van der Waals surface area contributed by atoms with Crippen molar-refractivity contribution in [1.29, 1.82) is 0 Å². The van der Waals surface area contributed by atoms with E-state index in [0.717, 1.165) is 56.0 Å². The zero-order valence-electron chi connectivity index (χ0n) is 17.7. The number of hydrogen-bond donors (Lipinski definition) is 3. The largest absolute Gasteiger partial charge is 0.478 e. The van der Waals surface area contributed by atoms with Gasteiger partial charge in [0.25, 0.3) is 0 Å². The molecule has 0 fully saturated rings. The second-order valence-electron chi connectivity index (χ2n) is 7.97. The van der Waals surface area contributed by atoms with Crippen molar-refractivity contribution in [3.8, 4) is 11.1 Å². The van der Waals surface area contributed by atoms with Crippen LogP contribution in [0.25, 0.3) is 57.5 Å². The van der Waals surface area contributed by atoms with Crippen LogP contribution in [0.15, 0.2) is 66.7 Å². The number of carboxylic acid groups (broad SMARTS) is 1. The van der Waals surface area contributed by atoms with Crippen molar-refractivity contribution in [3.63, 3.8) is 0 Å². The molecule has 3 N–H and O–H groups in total. The molecule has 3 aromatic heterocycles. The van der Waals surface area contributed by atoms with Crippen molar-refractivity contribution >= 4 is 52.3 Å². The van der Waals surface area contributed by atoms with E-state index < -0.39 is 5.97 Å². The van der Waals surface area contributed by atoms with Crippen molar-refractivity contribution in [1.82, 2.24) is 19.9 Å². The fourth-order valence-corrected chi connectivity index (χ4v) is 4.05. The summed E-state index contributed by atoms with van der Waals surface area (Å²) in [5, 5.41) is 9.23. The molecule has 0 unspecified atom stereocenters. The van der Waals surface area contributed by atoms with Gasteiger partial charge in [0.05, 0.1) is 28.3 Å². The average Bonchev–Trinajstić information content (AvgIpc) is 3.59. The van der Waals surface area contributed by atoms with E-state index in [1.54, 1.807) is 12.1 Å². The molecule has 6 nitrogen and oxygen atoms in total. The standard InChI is InChI=1S/C27H18N4O2.Pd/c32-27(33)17-3-1-16(2-4-17)25-14-24-13-22-8-7-20(29-22)11-18-5-6-19(28-18)12-21-9-10-23(30-21)15-26(25)31-24;/h1-15,28,31H,(H,32,33);. The first-order valence-corrected chi connectivity index (χ1v) is 10.5. The van der Waals surface area contributed by atoms with E-state index in [-0.39, 0.29) is 26.0 Å². The molecule has 2 aliphatic heterocycles. The Kier molecular flexibility index (Phi) is 5.58. The van der Waals surface area contributed by atoms with Gasteiger partial charge >= 0.3 is 5.97 Å². The summed E-state index contributed by atoms with van der Waals surface area (Å²) in [6.07, 6.45) is 7.93. The monoisotopic (exact) mass is 536 g/mol. The quantitative estimate of drug-likeness (QED) is 0.236. The fourth-order valence-electron chi connectivity index (χ4n) is 4.05. The molecule has 7 heteroatoms. The second-order valence-corrected chi connectivity index (χ2v) is 7.97. The van der Waals surface area contributed by atoms with Gasteiger partial charge in [0.2, 0.25) is 0 Å². The number of nitrogens with zero attached hydrogens (tertiary/aromatic N) is 2. The molecule has 0 radical (unpaired) electrons. The summed E-state index contributed by atoms with van der Waals surface area (Å²) in [6, 6.07) is 21.0. The Balaban J connectivity index is 0.00000241. The minimum absolute atomic E-state index is 0. The zero-order valence-corrected chi connectivity index (χ0v) is 19.3. The molecule has 1 aromatic carbocycles. The Hall–Kier alpha value is -4.05. The number of rotatable bonds is 2. The van der Waals surface area contributed by atoms with Gasteiger partial charge in [-0.3, -0.25) is 0 Å². The smallest absolute Gasteiger partial charge is 0.335 e. The number of aromatic amines is 2. The maximum atomic E-state index is 11.2. The Bertz CT molecular complexity index is 1640. The first-order valence-electron chi connectivity index (χ1n) is 10.5. The molecule has 168 valence electrons. The molecule has 0 aliphatic carbocycles. The van der Waals surface area contributed by atoms with Crippen molar-refractivity contribution in [3.05, 3.63) is 95.1 Å². The SMILES string of the molecule is O=C(O)c1ccc(-c2cc3cc4nc(cc5ccc(cc6nc(cc2[nH]3)C=C6)[nH]5)C=C4)cc1.[Pd]. The predicted molar refractivity (Wildman–Crippen MR) is 131 cm³/mol. The first kappa shape index (κ1) is 21.8. The minimum atomic E-state index is -0.942. The molecule has 4 aromatic rings. The van der Waals surface area contributed by atoms with Crippen LogP contribution in [0.1, 0.15) is 33.1 Å². The first-order chi connectivity index (χ1) is 16.1. The second kappa shape index (κ2) is 8.71. The van der Waals surface area contributed by atoms with Crippen molar-refractivity contribution in [2.75, 3.05) is 0 Å². The van der Waals surface area contributed by atoms with Gasteiger partial charge < -0.3 is 15.1 Å². The minimum Gasteiger partial charge on any atom is -0.478 e. The maximum absolute atomic E-state index is 11.2. The van der Waals surface area contributed by atoms with Crippen LogP contribution in [0.4, 0.5) is 0 Å². The van der Waals surface area contributed by atoms with Gasteiger partial charge in [0, 0.05) is 48.1 Å². The molecule has 2 aliphatic rings. The van der Waals surface area contributed by atoms with Crippen LogP contribution in [-0.2, 0) is 20.4 Å². The third-order valence-corrected chi connectivity index (χ3v) is 5.61. The summed E-state index contributed by atoms with van der Waals surface area (Å²) >= 11 is 0. The van der Waals surface area contributed by atoms with Crippen molar-refractivity contribution in [2.24, 2.45) is 0 Å². The number of aromatic carboxylic acids is 1. The molecule has 0 saturated carbocycles. The molecule has 0 saturated heterocycles. The molecule has 0 spiro atoms. The molecule has 34 heavy (non-hydrogen) atoms. The summed E-state index contributed by atoms with van der Waals surface area (Å²) in [5.41, 5.74) is 9.29. The molecule has 8 bridgehead atoms. The van der Waals surface area contributed by atoms with E-state index in [1.165, 1.54) is 0 Å². The topological polar surface area (TPSA) is 94.7 Å². The summed E-state index contributed by atoms with van der Waals surface area (Å²) < 4.78 is 0. The van der Waals surface area contributed by atoms with E-state index >= 15 is 0 Å². The number of aromatic nitrogens is 4. The van der Waals surface area contributed by atoms with Crippen LogP contribution in [-0.4, -0.2) is 31.0 Å². The Morgan fingerprint density at radius 1 is 0.647 bits per heavy atom. The molecular weight excluding hydrogens is 519 g/mol. The average molecular weight is 537 g/mol. The Morgan fingerprint density at radius 2 is 1.18 bits per heavy atom. The fraction of sp³-hybridized carbons (Fsp3) is 0. The number of fused-ring (bicyclic) bond motifs is 8. The van der Waals surface area contributed by atoms with Crippen molar-refractivity contribution < 1.29 is 30.3 Å². The number of H-pyrrole nitrogens is 2. The summed E-state index contributed by atoms with van der Waals surface area (Å²) in [6.45, 7) is 0. The van der Waals surface area contributed by atoms with Gasteiger partial charge in [-0.1, -0.05) is 12.1 Å². The molecule has 5 heterocycles. The third-order valence-electron chi connectivity index (χ3n) is 5.61.